The lowest BCUT2D eigenvalue weighted by molar-refractivity contribution is 0.720. The third kappa shape index (κ3) is 6.00. The molecular weight excluding hydrogens is 412 g/mol. The van der Waals surface area contributed by atoms with Crippen molar-refractivity contribution in [1.29, 1.82) is 0 Å². The van der Waals surface area contributed by atoms with Gasteiger partial charge in [0.15, 0.2) is 0 Å². The number of nitrogens with two attached hydrogens (primary N) is 3. The molecule has 0 saturated heterocycles. The van der Waals surface area contributed by atoms with E-state index in [1.165, 1.54) is 0 Å². The van der Waals surface area contributed by atoms with Gasteiger partial charge >= 0.3 is 0 Å². The van der Waals surface area contributed by atoms with Gasteiger partial charge in [-0.1, -0.05) is 13.8 Å². The molecule has 0 saturated carbocycles. The van der Waals surface area contributed by atoms with Crippen LogP contribution in [0, 0.1) is 5.92 Å². The fourth-order valence-corrected chi connectivity index (χ4v) is 3.34. The Morgan fingerprint density at radius 3 is 2.67 bits per heavy atom. The molecule has 1 aliphatic heterocycles. The number of hydrogen-bond acceptors (Lipinski definition) is 8. The highest BCUT2D eigenvalue weighted by atomic mass is 15.2. The molecule has 0 spiro atoms. The van der Waals surface area contributed by atoms with Crippen molar-refractivity contribution < 1.29 is 0 Å². The number of aliphatic imine (C=N–C) groups is 1. The SMILES string of the molecule is CCN=CC(=C(N)c1ccncc1)c1cnc2c(c1)NC(N/C(N)=C/C(=C\N)C(C)C)C=C2. The van der Waals surface area contributed by atoms with Gasteiger partial charge in [0.2, 0.25) is 0 Å². The molecule has 1 unspecified atom stereocenters. The van der Waals surface area contributed by atoms with Crippen LogP contribution in [0.1, 0.15) is 37.6 Å². The molecule has 2 aromatic rings. The summed E-state index contributed by atoms with van der Waals surface area (Å²) in [5, 5.41) is 6.69. The number of allylic oxidation sites excluding steroid dienone is 3. The number of pyridine rings is 2. The van der Waals surface area contributed by atoms with Gasteiger partial charge < -0.3 is 27.8 Å². The van der Waals surface area contributed by atoms with Crippen LogP contribution in [0.5, 0.6) is 0 Å². The van der Waals surface area contributed by atoms with Crippen LogP contribution in [0.15, 0.2) is 71.5 Å². The van der Waals surface area contributed by atoms with Crippen LogP contribution in [-0.4, -0.2) is 28.9 Å². The third-order valence-corrected chi connectivity index (χ3v) is 5.17. The number of fused-ring (bicyclic) bond motifs is 1. The third-order valence-electron chi connectivity index (χ3n) is 5.17. The van der Waals surface area contributed by atoms with Crippen molar-refractivity contribution in [3.05, 3.63) is 83.4 Å². The molecule has 0 fully saturated rings. The van der Waals surface area contributed by atoms with E-state index in [1.807, 2.05) is 43.4 Å². The summed E-state index contributed by atoms with van der Waals surface area (Å²) < 4.78 is 0. The summed E-state index contributed by atoms with van der Waals surface area (Å²) in [5.74, 6) is 0.797. The van der Waals surface area contributed by atoms with E-state index in [1.54, 1.807) is 31.0 Å². The second-order valence-corrected chi connectivity index (χ2v) is 7.89. The predicted molar refractivity (Wildman–Crippen MR) is 137 cm³/mol. The van der Waals surface area contributed by atoms with Crippen LogP contribution < -0.4 is 27.8 Å². The van der Waals surface area contributed by atoms with Gasteiger partial charge in [-0.3, -0.25) is 15.0 Å². The zero-order chi connectivity index (χ0) is 23.8. The molecule has 8 N–H and O–H groups in total. The zero-order valence-corrected chi connectivity index (χ0v) is 19.3. The number of rotatable bonds is 8. The van der Waals surface area contributed by atoms with E-state index in [9.17, 15) is 0 Å². The molecule has 3 rings (SSSR count). The molecule has 0 aliphatic carbocycles. The van der Waals surface area contributed by atoms with Gasteiger partial charge in [0.1, 0.15) is 6.17 Å². The first-order chi connectivity index (χ1) is 15.9. The normalized spacial score (nSPS) is 17.0. The van der Waals surface area contributed by atoms with Crippen molar-refractivity contribution in [2.75, 3.05) is 11.9 Å². The first-order valence-electron chi connectivity index (χ1n) is 10.9. The average Bonchev–Trinajstić information content (AvgIpc) is 2.82. The van der Waals surface area contributed by atoms with E-state index in [2.05, 4.69) is 39.4 Å². The molecule has 0 radical (unpaired) electrons. The molecule has 172 valence electrons. The van der Waals surface area contributed by atoms with E-state index < -0.39 is 0 Å². The van der Waals surface area contributed by atoms with Crippen molar-refractivity contribution in [1.82, 2.24) is 15.3 Å². The summed E-state index contributed by atoms with van der Waals surface area (Å²) in [4.78, 5) is 13.1. The first-order valence-corrected chi connectivity index (χ1v) is 10.9. The van der Waals surface area contributed by atoms with E-state index in [0.717, 1.165) is 33.7 Å². The van der Waals surface area contributed by atoms with Gasteiger partial charge in [0, 0.05) is 53.7 Å². The standard InChI is InChI=1S/C25H32N8/c1-4-29-15-20(25(28)17-7-9-30-10-8-17)19-11-22-21(31-14-19)5-6-24(32-22)33-23(27)12-18(13-26)16(2)3/h5-16,24,32-33H,4,26-28H2,1-3H3/b18-13+,23-12+,25-20?,29-15?. The average molecular weight is 445 g/mol. The Bertz CT molecular complexity index is 1110. The summed E-state index contributed by atoms with van der Waals surface area (Å²) >= 11 is 0. The Kier molecular flexibility index (Phi) is 7.86. The minimum Gasteiger partial charge on any atom is -0.404 e. The Balaban J connectivity index is 1.89. The molecule has 0 bridgehead atoms. The molecular formula is C25H32N8. The maximum Gasteiger partial charge on any atom is 0.117 e. The van der Waals surface area contributed by atoms with Gasteiger partial charge in [-0.15, -0.1) is 0 Å². The molecule has 1 aliphatic rings. The maximum absolute atomic E-state index is 6.51. The maximum atomic E-state index is 6.51. The summed E-state index contributed by atoms with van der Waals surface area (Å²) in [7, 11) is 0. The smallest absolute Gasteiger partial charge is 0.117 e. The molecule has 33 heavy (non-hydrogen) atoms. The van der Waals surface area contributed by atoms with Crippen LogP contribution in [0.2, 0.25) is 0 Å². The van der Waals surface area contributed by atoms with E-state index in [4.69, 9.17) is 17.2 Å². The number of nitrogens with zero attached hydrogens (tertiary/aromatic N) is 3. The molecule has 8 heteroatoms. The van der Waals surface area contributed by atoms with Crippen LogP contribution in [0.4, 0.5) is 5.69 Å². The number of hydrogen-bond donors (Lipinski definition) is 5. The number of nitrogens with one attached hydrogen (secondary N) is 2. The Morgan fingerprint density at radius 2 is 2.00 bits per heavy atom. The predicted octanol–water partition coefficient (Wildman–Crippen LogP) is 3.05. The minimum atomic E-state index is -0.203. The Labute approximate surface area is 195 Å². The molecule has 0 amide bonds. The zero-order valence-electron chi connectivity index (χ0n) is 19.3. The molecule has 8 nitrogen and oxygen atoms in total. The minimum absolute atomic E-state index is 0.203. The van der Waals surface area contributed by atoms with E-state index in [0.29, 0.717) is 18.1 Å². The van der Waals surface area contributed by atoms with Gasteiger partial charge in [-0.05, 0) is 61.0 Å². The Hall–Kier alpha value is -4.07. The highest BCUT2D eigenvalue weighted by Crippen LogP contribution is 2.27. The van der Waals surface area contributed by atoms with Crippen molar-refractivity contribution in [3.63, 3.8) is 0 Å². The molecule has 1 atom stereocenters. The fraction of sp³-hybridized carbons (Fsp3) is 0.240. The van der Waals surface area contributed by atoms with Crippen molar-refractivity contribution >= 4 is 29.2 Å². The number of anilines is 1. The molecule has 2 aromatic heterocycles. The topological polar surface area (TPSA) is 140 Å². The van der Waals surface area contributed by atoms with Crippen LogP contribution in [0.25, 0.3) is 17.3 Å². The Morgan fingerprint density at radius 1 is 1.24 bits per heavy atom. The highest BCUT2D eigenvalue weighted by Gasteiger charge is 2.16. The molecule has 0 aromatic carbocycles. The van der Waals surface area contributed by atoms with Crippen molar-refractivity contribution in [2.24, 2.45) is 28.1 Å². The second kappa shape index (κ2) is 11.0. The number of aromatic nitrogens is 2. The van der Waals surface area contributed by atoms with Crippen molar-refractivity contribution in [2.45, 2.75) is 26.9 Å². The van der Waals surface area contributed by atoms with Crippen LogP contribution >= 0.6 is 0 Å². The summed E-state index contributed by atoms with van der Waals surface area (Å²) in [6.45, 7) is 6.76. The first kappa shape index (κ1) is 23.6. The van der Waals surface area contributed by atoms with E-state index in [-0.39, 0.29) is 12.1 Å². The monoisotopic (exact) mass is 444 g/mol. The lowest BCUT2D eigenvalue weighted by atomic mass is 10.0. The van der Waals surface area contributed by atoms with Gasteiger partial charge in [0.25, 0.3) is 0 Å². The lowest BCUT2D eigenvalue weighted by Crippen LogP contribution is -2.38. The quantitative estimate of drug-likeness (QED) is 0.311. The van der Waals surface area contributed by atoms with Gasteiger partial charge in [0.05, 0.1) is 17.2 Å². The van der Waals surface area contributed by atoms with E-state index >= 15 is 0 Å². The summed E-state index contributed by atoms with van der Waals surface area (Å²) in [6.07, 6.45) is 14.2. The largest absolute Gasteiger partial charge is 0.404 e. The van der Waals surface area contributed by atoms with Gasteiger partial charge in [-0.2, -0.15) is 0 Å². The van der Waals surface area contributed by atoms with Crippen LogP contribution in [0.3, 0.4) is 0 Å². The van der Waals surface area contributed by atoms with Crippen LogP contribution in [-0.2, 0) is 0 Å². The summed E-state index contributed by atoms with van der Waals surface area (Å²) in [6, 6.07) is 5.77. The lowest BCUT2D eigenvalue weighted by Gasteiger charge is -2.24. The second-order valence-electron chi connectivity index (χ2n) is 7.89. The highest BCUT2D eigenvalue weighted by molar-refractivity contribution is 6.19. The summed E-state index contributed by atoms with van der Waals surface area (Å²) in [5.41, 5.74) is 24.2. The van der Waals surface area contributed by atoms with Gasteiger partial charge in [-0.25, -0.2) is 0 Å². The van der Waals surface area contributed by atoms with Crippen molar-refractivity contribution in [3.8, 4) is 0 Å². The fourth-order valence-electron chi connectivity index (χ4n) is 3.34. The molecule has 3 heterocycles.